The summed E-state index contributed by atoms with van der Waals surface area (Å²) in [5.41, 5.74) is 7.33. The van der Waals surface area contributed by atoms with Crippen molar-refractivity contribution in [1.82, 2.24) is 10.6 Å². The Balaban J connectivity index is 2.07. The van der Waals surface area contributed by atoms with E-state index in [0.717, 1.165) is 24.8 Å². The molecule has 1 rings (SSSR count). The molecule has 0 fully saturated rings. The lowest BCUT2D eigenvalue weighted by molar-refractivity contribution is -0.143. The highest BCUT2D eigenvalue weighted by Crippen LogP contribution is 2.07. The number of urea groups is 1. The van der Waals surface area contributed by atoms with Crippen molar-refractivity contribution in [3.63, 3.8) is 0 Å². The molecule has 7 heteroatoms. The first-order valence-electron chi connectivity index (χ1n) is 8.81. The van der Waals surface area contributed by atoms with E-state index in [1.54, 1.807) is 13.0 Å². The molecule has 0 atom stereocenters. The summed E-state index contributed by atoms with van der Waals surface area (Å²) in [6.45, 7) is 2.74. The van der Waals surface area contributed by atoms with Crippen LogP contribution in [0.2, 0.25) is 0 Å². The number of amides is 2. The van der Waals surface area contributed by atoms with Crippen molar-refractivity contribution in [2.75, 3.05) is 13.2 Å². The molecular weight excluding hydrogens is 332 g/mol. The number of nitrogens with two attached hydrogens (primary N) is 1. The fourth-order valence-electron chi connectivity index (χ4n) is 2.21. The van der Waals surface area contributed by atoms with Crippen molar-refractivity contribution in [3.05, 3.63) is 47.7 Å². The third-order valence-corrected chi connectivity index (χ3v) is 3.60. The number of esters is 1. The van der Waals surface area contributed by atoms with E-state index in [2.05, 4.69) is 10.6 Å². The molecule has 0 spiro atoms. The van der Waals surface area contributed by atoms with E-state index in [4.69, 9.17) is 15.9 Å². The zero-order valence-electron chi connectivity index (χ0n) is 15.2. The Morgan fingerprint density at radius 2 is 1.96 bits per heavy atom. The van der Waals surface area contributed by atoms with Gasteiger partial charge in [0.25, 0.3) is 0 Å². The van der Waals surface area contributed by atoms with Gasteiger partial charge in [0.1, 0.15) is 5.84 Å². The van der Waals surface area contributed by atoms with Crippen LogP contribution in [0.15, 0.2) is 36.5 Å². The van der Waals surface area contributed by atoms with Crippen LogP contribution < -0.4 is 16.4 Å². The molecule has 0 unspecified atom stereocenters. The molecule has 0 saturated carbocycles. The number of rotatable bonds is 11. The number of hydrogen-bond donors (Lipinski definition) is 4. The second-order valence-electron chi connectivity index (χ2n) is 5.71. The van der Waals surface area contributed by atoms with Crippen LogP contribution in [-0.4, -0.2) is 31.0 Å². The van der Waals surface area contributed by atoms with Gasteiger partial charge in [0.15, 0.2) is 0 Å². The summed E-state index contributed by atoms with van der Waals surface area (Å²) in [7, 11) is 0. The lowest BCUT2D eigenvalue weighted by Crippen LogP contribution is -2.32. The number of amidine groups is 1. The molecule has 0 bridgehead atoms. The van der Waals surface area contributed by atoms with Crippen LogP contribution in [0.4, 0.5) is 4.79 Å². The minimum atomic E-state index is -0.261. The molecule has 0 heterocycles. The summed E-state index contributed by atoms with van der Waals surface area (Å²) in [6, 6.07) is 7.37. The number of carbonyl (C=O) groups is 2. The number of ether oxygens (including phenoxy) is 1. The fourth-order valence-corrected chi connectivity index (χ4v) is 2.21. The maximum atomic E-state index is 11.6. The molecule has 7 nitrogen and oxygen atoms in total. The maximum absolute atomic E-state index is 11.6. The van der Waals surface area contributed by atoms with Crippen molar-refractivity contribution < 1.29 is 14.3 Å². The number of nitrogens with one attached hydrogen (secondary N) is 3. The van der Waals surface area contributed by atoms with E-state index in [9.17, 15) is 9.59 Å². The first-order chi connectivity index (χ1) is 12.5. The normalized spacial score (nSPS) is 10.5. The Bertz CT molecular complexity index is 612. The van der Waals surface area contributed by atoms with Gasteiger partial charge in [0.05, 0.1) is 6.61 Å². The van der Waals surface area contributed by atoms with Gasteiger partial charge in [-0.2, -0.15) is 0 Å². The Morgan fingerprint density at radius 1 is 1.23 bits per heavy atom. The predicted octanol–water partition coefficient (Wildman–Crippen LogP) is 2.45. The molecule has 0 aliphatic carbocycles. The zero-order valence-corrected chi connectivity index (χ0v) is 15.2. The van der Waals surface area contributed by atoms with Crippen LogP contribution in [0.25, 0.3) is 0 Å². The minimum absolute atomic E-state index is 0.0710. The molecule has 0 aliphatic heterocycles. The van der Waals surface area contributed by atoms with Crippen molar-refractivity contribution in [3.8, 4) is 0 Å². The van der Waals surface area contributed by atoms with Crippen molar-refractivity contribution in [2.24, 2.45) is 5.73 Å². The molecule has 0 saturated heterocycles. The smallest absolute Gasteiger partial charge is 0.318 e. The number of allylic oxidation sites excluding steroid dienone is 1. The second-order valence-corrected chi connectivity index (χ2v) is 5.71. The van der Waals surface area contributed by atoms with Gasteiger partial charge in [-0.3, -0.25) is 10.2 Å². The number of unbranched alkanes of at least 4 members (excludes halogenated alkanes) is 1. The van der Waals surface area contributed by atoms with Crippen LogP contribution in [-0.2, 0) is 16.0 Å². The molecule has 0 radical (unpaired) electrons. The zero-order chi connectivity index (χ0) is 19.2. The van der Waals surface area contributed by atoms with Gasteiger partial charge in [-0.25, -0.2) is 4.79 Å². The van der Waals surface area contributed by atoms with Crippen LogP contribution in [0, 0.1) is 5.41 Å². The van der Waals surface area contributed by atoms with E-state index in [1.807, 2.05) is 24.3 Å². The highest BCUT2D eigenvalue weighted by Gasteiger charge is 2.00. The lowest BCUT2D eigenvalue weighted by atomic mass is 10.1. The van der Waals surface area contributed by atoms with Gasteiger partial charge in [-0.15, -0.1) is 0 Å². The van der Waals surface area contributed by atoms with Crippen LogP contribution >= 0.6 is 0 Å². The Labute approximate surface area is 154 Å². The fraction of sp³-hybridized carbons (Fsp3) is 0.421. The van der Waals surface area contributed by atoms with E-state index in [1.165, 1.54) is 11.8 Å². The van der Waals surface area contributed by atoms with Crippen LogP contribution in [0.3, 0.4) is 0 Å². The lowest BCUT2D eigenvalue weighted by Gasteiger charge is -2.05. The number of benzene rings is 1. The highest BCUT2D eigenvalue weighted by atomic mass is 16.5. The summed E-state index contributed by atoms with van der Waals surface area (Å²) in [4.78, 5) is 22.7. The van der Waals surface area contributed by atoms with Crippen molar-refractivity contribution >= 4 is 17.8 Å². The van der Waals surface area contributed by atoms with Crippen molar-refractivity contribution in [1.29, 1.82) is 5.41 Å². The summed E-state index contributed by atoms with van der Waals surface area (Å²) < 4.78 is 4.81. The van der Waals surface area contributed by atoms with E-state index in [-0.39, 0.29) is 17.8 Å². The average molecular weight is 360 g/mol. The topological polar surface area (TPSA) is 117 Å². The molecule has 1 aromatic carbocycles. The quantitative estimate of drug-likeness (QED) is 0.210. The van der Waals surface area contributed by atoms with Gasteiger partial charge in [0, 0.05) is 24.7 Å². The Morgan fingerprint density at radius 3 is 2.62 bits per heavy atom. The second kappa shape index (κ2) is 12.5. The first kappa shape index (κ1) is 21.2. The number of nitrogen functional groups attached to an aromatic ring is 1. The Kier molecular flexibility index (Phi) is 10.2. The van der Waals surface area contributed by atoms with Gasteiger partial charge in [-0.1, -0.05) is 30.3 Å². The number of carbonyl (C=O) groups excluding carboxylic acids is 2. The van der Waals surface area contributed by atoms with Gasteiger partial charge in [0.2, 0.25) is 0 Å². The molecule has 1 aromatic rings. The molecule has 0 aliphatic rings. The van der Waals surface area contributed by atoms with Crippen LogP contribution in [0.1, 0.15) is 43.7 Å². The third-order valence-electron chi connectivity index (χ3n) is 3.60. The summed E-state index contributed by atoms with van der Waals surface area (Å²) in [5.74, 6) is -0.167. The van der Waals surface area contributed by atoms with Gasteiger partial charge >= 0.3 is 12.0 Å². The van der Waals surface area contributed by atoms with Crippen molar-refractivity contribution in [2.45, 2.75) is 39.0 Å². The molecular formula is C19H28N4O3. The number of hydrogen-bond acceptors (Lipinski definition) is 4. The van der Waals surface area contributed by atoms with Gasteiger partial charge < -0.3 is 21.1 Å². The molecule has 142 valence electrons. The standard InChI is InChI=1S/C19H28N4O3/c1-2-26-17(24)8-4-6-14-23-19(25)22-13-5-3-7-15-9-11-16(12-10-15)18(20)21/h6,9-12,14H,2-5,7-8,13H2,1H3,(H3,20,21)(H2,22,23,25). The summed E-state index contributed by atoms with van der Waals surface area (Å²) in [6.07, 6.45) is 6.83. The monoisotopic (exact) mass is 360 g/mol. The number of aryl methyl sites for hydroxylation is 1. The highest BCUT2D eigenvalue weighted by molar-refractivity contribution is 5.94. The van der Waals surface area contributed by atoms with E-state index < -0.39 is 0 Å². The molecule has 5 N–H and O–H groups in total. The largest absolute Gasteiger partial charge is 0.466 e. The predicted molar refractivity (Wildman–Crippen MR) is 102 cm³/mol. The maximum Gasteiger partial charge on any atom is 0.318 e. The van der Waals surface area contributed by atoms with E-state index in [0.29, 0.717) is 26.0 Å². The SMILES string of the molecule is CCOC(=O)CCC=CNC(=O)NCCCCc1ccc(C(=N)N)cc1. The minimum Gasteiger partial charge on any atom is -0.466 e. The van der Waals surface area contributed by atoms with E-state index >= 15 is 0 Å². The molecule has 0 aromatic heterocycles. The van der Waals surface area contributed by atoms with Crippen LogP contribution in [0.5, 0.6) is 0 Å². The third kappa shape index (κ3) is 9.46. The summed E-state index contributed by atoms with van der Waals surface area (Å²) >= 11 is 0. The van der Waals surface area contributed by atoms with Gasteiger partial charge in [-0.05, 0) is 38.2 Å². The Hall–Kier alpha value is -2.83. The molecule has 2 amide bonds. The molecule has 26 heavy (non-hydrogen) atoms. The average Bonchev–Trinajstić information content (AvgIpc) is 2.61. The first-order valence-corrected chi connectivity index (χ1v) is 8.81. The summed E-state index contributed by atoms with van der Waals surface area (Å²) in [5, 5.41) is 12.7.